The molecule has 7 heteroatoms. The van der Waals surface area contributed by atoms with Gasteiger partial charge in [-0.3, -0.25) is 0 Å². The number of hydrogen-bond acceptors (Lipinski definition) is 4. The van der Waals surface area contributed by atoms with Gasteiger partial charge in [-0.05, 0) is 51.4 Å². The molecule has 31 heavy (non-hydrogen) atoms. The van der Waals surface area contributed by atoms with Crippen LogP contribution in [-0.4, -0.2) is 66.6 Å². The Labute approximate surface area is 204 Å². The van der Waals surface area contributed by atoms with Crippen molar-refractivity contribution in [3.63, 3.8) is 0 Å². The van der Waals surface area contributed by atoms with Crippen molar-refractivity contribution >= 4 is 0 Å². The van der Waals surface area contributed by atoms with Crippen LogP contribution in [0, 0.1) is 0 Å². The van der Waals surface area contributed by atoms with E-state index in [2.05, 4.69) is 55.4 Å². The van der Waals surface area contributed by atoms with Crippen LogP contribution in [0.15, 0.2) is 0 Å². The molecule has 6 nitrogen and oxygen atoms in total. The third kappa shape index (κ3) is 23.3. The van der Waals surface area contributed by atoms with Crippen molar-refractivity contribution in [1.29, 1.82) is 0 Å². The molecule has 0 saturated carbocycles. The molecule has 1 N–H and O–H groups in total. The fourth-order valence-corrected chi connectivity index (χ4v) is 5.14. The molecule has 0 unspecified atom stereocenters. The van der Waals surface area contributed by atoms with Crippen molar-refractivity contribution in [2.24, 2.45) is 0 Å². The summed E-state index contributed by atoms with van der Waals surface area (Å²) in [6.07, 6.45) is 10.7. The molecular formula is C24H57N2O4Ti. The van der Waals surface area contributed by atoms with Crippen LogP contribution < -0.4 is 8.95 Å². The number of rotatable bonds is 16. The topological polar surface area (TPSA) is 83.4 Å². The second-order valence-electron chi connectivity index (χ2n) is 8.56. The summed E-state index contributed by atoms with van der Waals surface area (Å²) >= 11 is -2.00. The van der Waals surface area contributed by atoms with Gasteiger partial charge >= 0.3 is 26.5 Å². The molecule has 0 fully saturated rings. The van der Waals surface area contributed by atoms with Crippen molar-refractivity contribution in [3.05, 3.63) is 0 Å². The van der Waals surface area contributed by atoms with Crippen LogP contribution in [0.1, 0.15) is 107 Å². The van der Waals surface area contributed by atoms with E-state index in [0.29, 0.717) is 0 Å². The normalized spacial score (nSPS) is 10.5. The molecule has 0 rings (SSSR count). The third-order valence-corrected chi connectivity index (χ3v) is 5.58. The van der Waals surface area contributed by atoms with Crippen molar-refractivity contribution in [3.8, 4) is 0 Å². The van der Waals surface area contributed by atoms with Crippen LogP contribution in [0.3, 0.4) is 0 Å². The van der Waals surface area contributed by atoms with Crippen LogP contribution in [0.2, 0.25) is 0 Å². The predicted molar refractivity (Wildman–Crippen MR) is 125 cm³/mol. The summed E-state index contributed by atoms with van der Waals surface area (Å²) in [6, 6.07) is 0. The molecule has 0 aromatic carbocycles. The first-order valence-electron chi connectivity index (χ1n) is 12.8. The summed E-state index contributed by atoms with van der Waals surface area (Å²) in [6.45, 7) is 29.6. The van der Waals surface area contributed by atoms with Crippen LogP contribution in [-0.2, 0) is 22.8 Å². The minimum absolute atomic E-state index is 1.33. The van der Waals surface area contributed by atoms with Crippen molar-refractivity contribution in [2.45, 2.75) is 107 Å². The average molecular weight is 486 g/mol. The Bertz CT molecular complexity index is 248. The van der Waals surface area contributed by atoms with E-state index >= 15 is 0 Å². The summed E-state index contributed by atoms with van der Waals surface area (Å²) < 4.78 is 19.8. The molecule has 0 aromatic rings. The zero-order valence-electron chi connectivity index (χ0n) is 22.4. The van der Waals surface area contributed by atoms with E-state index in [-0.39, 0.29) is 0 Å². The Morgan fingerprint density at radius 3 is 0.645 bits per heavy atom. The van der Waals surface area contributed by atoms with Crippen molar-refractivity contribution < 1.29 is 46.0 Å². The first-order chi connectivity index (χ1) is 14.9. The minimum atomic E-state index is -2.00. The van der Waals surface area contributed by atoms with Gasteiger partial charge in [0.15, 0.2) is 0 Å². The second kappa shape index (κ2) is 30.3. The summed E-state index contributed by atoms with van der Waals surface area (Å²) in [5.41, 5.74) is 0. The van der Waals surface area contributed by atoms with E-state index in [4.69, 9.17) is 17.5 Å². The van der Waals surface area contributed by atoms with Gasteiger partial charge in [-0.2, -0.15) is 0 Å². The average Bonchev–Trinajstić information content (AvgIpc) is 2.72. The maximum absolute atomic E-state index is 8.50. The Hall–Kier alpha value is 0.314. The van der Waals surface area contributed by atoms with Gasteiger partial charge in [0, 0.05) is 0 Å². The molecule has 0 heterocycles. The summed E-state index contributed by atoms with van der Waals surface area (Å²) in [5, 5.41) is 13.0. The van der Waals surface area contributed by atoms with E-state index in [0.717, 1.165) is 0 Å². The van der Waals surface area contributed by atoms with Gasteiger partial charge in [0.2, 0.25) is 0 Å². The summed E-state index contributed by atoms with van der Waals surface area (Å²) in [5.74, 6) is 0. The number of quaternary nitrogens is 2. The Kier molecular flexibility index (Phi) is 37.7. The Balaban J connectivity index is -0.000000194. The molecule has 0 amide bonds. The second-order valence-corrected chi connectivity index (χ2v) is 8.82. The van der Waals surface area contributed by atoms with Gasteiger partial charge in [0.1, 0.15) is 0 Å². The molecule has 0 aliphatic heterocycles. The molecule has 191 valence electrons. The number of hydrogen-bond donors (Lipinski definition) is 1. The van der Waals surface area contributed by atoms with Gasteiger partial charge in [-0.25, -0.2) is 0 Å². The van der Waals surface area contributed by atoms with Gasteiger partial charge in [0.05, 0.1) is 52.4 Å². The predicted octanol–water partition coefficient (Wildman–Crippen LogP) is 4.40. The summed E-state index contributed by atoms with van der Waals surface area (Å²) in [4.78, 5) is 0. The molecule has 0 bridgehead atoms. The molecule has 0 aliphatic rings. The SMILES string of the molecule is CCC[N+](CCC)(CCC)CCC.CCC[N+](CCC)(CCC)CCC.[O-]O.[O]=[Ti][O-]. The van der Waals surface area contributed by atoms with Crippen molar-refractivity contribution in [1.82, 2.24) is 0 Å². The van der Waals surface area contributed by atoms with Crippen LogP contribution in [0.25, 0.3) is 0 Å². The molecule has 0 atom stereocenters. The molecule has 0 saturated heterocycles. The van der Waals surface area contributed by atoms with Crippen molar-refractivity contribution in [2.75, 3.05) is 52.4 Å². The maximum atomic E-state index is 8.50. The Morgan fingerprint density at radius 2 is 0.581 bits per heavy atom. The van der Waals surface area contributed by atoms with Crippen LogP contribution >= 0.6 is 0 Å². The Morgan fingerprint density at radius 1 is 0.484 bits per heavy atom. The third-order valence-electron chi connectivity index (χ3n) is 5.58. The van der Waals surface area contributed by atoms with E-state index in [1.54, 1.807) is 0 Å². The van der Waals surface area contributed by atoms with E-state index < -0.39 is 19.5 Å². The zero-order chi connectivity index (χ0) is 25.0. The van der Waals surface area contributed by atoms with Gasteiger partial charge in [-0.15, -0.1) is 0 Å². The first-order valence-corrected chi connectivity index (χ1v) is 14.1. The molecule has 0 spiro atoms. The number of nitrogens with zero attached hydrogens (tertiary/aromatic N) is 2. The van der Waals surface area contributed by atoms with Gasteiger partial charge in [-0.1, -0.05) is 55.4 Å². The molecule has 0 aromatic heterocycles. The van der Waals surface area contributed by atoms with Gasteiger partial charge < -0.3 is 19.5 Å². The van der Waals surface area contributed by atoms with Gasteiger partial charge in [0.25, 0.3) is 0 Å². The molecule has 0 radical (unpaired) electrons. The standard InChI is InChI=1S/2C12H28N.H2O2.2O.Ti/c2*1-5-9-13(10-6-2,11-7-3)12-8-4;1-2;;;/h2*5-12H2,1-4H3;1-2H;;;/q2*+1;;;-1;/p-1. The zero-order valence-corrected chi connectivity index (χ0v) is 23.9. The fraction of sp³-hybridized carbons (Fsp3) is 1.00. The van der Waals surface area contributed by atoms with E-state index in [9.17, 15) is 0 Å². The summed E-state index contributed by atoms with van der Waals surface area (Å²) in [7, 11) is 0. The van der Waals surface area contributed by atoms with Crippen LogP contribution in [0.4, 0.5) is 0 Å². The quantitative estimate of drug-likeness (QED) is 0.152. The molecule has 0 aliphatic carbocycles. The van der Waals surface area contributed by atoms with E-state index in [1.165, 1.54) is 113 Å². The fourth-order valence-electron chi connectivity index (χ4n) is 5.14. The first kappa shape index (κ1) is 38.6. The van der Waals surface area contributed by atoms with E-state index in [1.807, 2.05) is 0 Å². The van der Waals surface area contributed by atoms with Crippen LogP contribution in [0.5, 0.6) is 0 Å². The monoisotopic (exact) mass is 485 g/mol. The molecular weight excluding hydrogens is 428 g/mol.